The van der Waals surface area contributed by atoms with Crippen LogP contribution in [0.15, 0.2) is 12.1 Å². The topological polar surface area (TPSA) is 75.1 Å². The standard InChI is InChI=1S/C12H19N3O2/c1-9(2)5-3-4-8-13-11-7-6-10(12(16)17)14-15-11/h6-7,9H,3-5,8H2,1-2H3,(H,13,15)(H,16,17). The fraction of sp³-hybridized carbons (Fsp3) is 0.583. The molecule has 0 unspecified atom stereocenters. The summed E-state index contributed by atoms with van der Waals surface area (Å²) in [4.78, 5) is 10.6. The molecule has 0 saturated carbocycles. The molecule has 0 amide bonds. The Labute approximate surface area is 101 Å². The summed E-state index contributed by atoms with van der Waals surface area (Å²) >= 11 is 0. The first-order chi connectivity index (χ1) is 8.09. The summed E-state index contributed by atoms with van der Waals surface area (Å²) in [6.45, 7) is 5.26. The lowest BCUT2D eigenvalue weighted by atomic mass is 10.1. The van der Waals surface area contributed by atoms with E-state index in [0.29, 0.717) is 5.82 Å². The zero-order chi connectivity index (χ0) is 12.7. The van der Waals surface area contributed by atoms with E-state index in [1.807, 2.05) is 0 Å². The molecular weight excluding hydrogens is 218 g/mol. The first-order valence-electron chi connectivity index (χ1n) is 5.90. The SMILES string of the molecule is CC(C)CCCCNc1ccc(C(=O)O)nn1. The van der Waals surface area contributed by atoms with Crippen molar-refractivity contribution in [2.75, 3.05) is 11.9 Å². The average Bonchev–Trinajstić information content (AvgIpc) is 2.29. The Morgan fingerprint density at radius 3 is 2.65 bits per heavy atom. The number of carboxylic acid groups (broad SMARTS) is 1. The third-order valence-corrected chi connectivity index (χ3v) is 2.40. The number of hydrogen-bond acceptors (Lipinski definition) is 4. The molecule has 0 atom stereocenters. The zero-order valence-electron chi connectivity index (χ0n) is 10.3. The van der Waals surface area contributed by atoms with Gasteiger partial charge in [0.1, 0.15) is 5.82 Å². The number of carbonyl (C=O) groups is 1. The number of rotatable bonds is 7. The van der Waals surface area contributed by atoms with Gasteiger partial charge in [-0.2, -0.15) is 0 Å². The Balaban J connectivity index is 2.25. The van der Waals surface area contributed by atoms with Crippen molar-refractivity contribution in [1.82, 2.24) is 10.2 Å². The van der Waals surface area contributed by atoms with Crippen LogP contribution >= 0.6 is 0 Å². The first kappa shape index (κ1) is 13.4. The Hall–Kier alpha value is -1.65. The van der Waals surface area contributed by atoms with Gasteiger partial charge in [-0.1, -0.05) is 26.7 Å². The number of unbranched alkanes of at least 4 members (excludes halogenated alkanes) is 1. The van der Waals surface area contributed by atoms with Crippen molar-refractivity contribution in [3.05, 3.63) is 17.8 Å². The van der Waals surface area contributed by atoms with Crippen LogP contribution in [0.1, 0.15) is 43.6 Å². The average molecular weight is 237 g/mol. The van der Waals surface area contributed by atoms with Crippen LogP contribution in [-0.4, -0.2) is 27.8 Å². The van der Waals surface area contributed by atoms with Crippen molar-refractivity contribution in [3.8, 4) is 0 Å². The molecule has 0 bridgehead atoms. The van der Waals surface area contributed by atoms with E-state index in [9.17, 15) is 4.79 Å². The number of nitrogens with one attached hydrogen (secondary N) is 1. The zero-order valence-corrected chi connectivity index (χ0v) is 10.3. The Bertz CT molecular complexity index is 349. The van der Waals surface area contributed by atoms with Gasteiger partial charge >= 0.3 is 5.97 Å². The molecule has 0 aliphatic rings. The second-order valence-corrected chi connectivity index (χ2v) is 4.43. The van der Waals surface area contributed by atoms with Crippen LogP contribution in [0.3, 0.4) is 0 Å². The fourth-order valence-electron chi connectivity index (χ4n) is 1.43. The predicted octanol–water partition coefficient (Wildman–Crippen LogP) is 2.41. The molecule has 0 saturated heterocycles. The third-order valence-electron chi connectivity index (χ3n) is 2.40. The van der Waals surface area contributed by atoms with Crippen LogP contribution in [-0.2, 0) is 0 Å². The molecule has 94 valence electrons. The van der Waals surface area contributed by atoms with Gasteiger partial charge in [-0.3, -0.25) is 0 Å². The molecule has 1 aromatic rings. The summed E-state index contributed by atoms with van der Waals surface area (Å²) in [5.74, 6) is 0.310. The highest BCUT2D eigenvalue weighted by molar-refractivity contribution is 5.85. The van der Waals surface area contributed by atoms with Crippen LogP contribution in [0, 0.1) is 5.92 Å². The molecule has 0 aliphatic carbocycles. The van der Waals surface area contributed by atoms with E-state index in [-0.39, 0.29) is 5.69 Å². The van der Waals surface area contributed by atoms with Gasteiger partial charge in [-0.25, -0.2) is 4.79 Å². The molecule has 1 aromatic heterocycles. The van der Waals surface area contributed by atoms with E-state index in [4.69, 9.17) is 5.11 Å². The van der Waals surface area contributed by atoms with Crippen molar-refractivity contribution in [3.63, 3.8) is 0 Å². The van der Waals surface area contributed by atoms with Crippen molar-refractivity contribution in [2.24, 2.45) is 5.92 Å². The van der Waals surface area contributed by atoms with E-state index >= 15 is 0 Å². The predicted molar refractivity (Wildman–Crippen MR) is 66.2 cm³/mol. The Morgan fingerprint density at radius 2 is 2.12 bits per heavy atom. The van der Waals surface area contributed by atoms with Crippen LogP contribution in [0.2, 0.25) is 0 Å². The minimum Gasteiger partial charge on any atom is -0.476 e. The number of anilines is 1. The number of aromatic nitrogens is 2. The van der Waals surface area contributed by atoms with Crippen LogP contribution in [0.5, 0.6) is 0 Å². The maximum absolute atomic E-state index is 10.6. The summed E-state index contributed by atoms with van der Waals surface area (Å²) in [6, 6.07) is 3.09. The third kappa shape index (κ3) is 5.29. The highest BCUT2D eigenvalue weighted by Gasteiger charge is 2.04. The summed E-state index contributed by atoms with van der Waals surface area (Å²) in [6.07, 6.45) is 3.50. The maximum atomic E-state index is 10.6. The Kier molecular flexibility index (Phi) is 5.39. The molecule has 1 heterocycles. The van der Waals surface area contributed by atoms with E-state index in [1.54, 1.807) is 6.07 Å². The highest BCUT2D eigenvalue weighted by atomic mass is 16.4. The summed E-state index contributed by atoms with van der Waals surface area (Å²) in [7, 11) is 0. The van der Waals surface area contributed by atoms with Crippen LogP contribution in [0.25, 0.3) is 0 Å². The quantitative estimate of drug-likeness (QED) is 0.712. The van der Waals surface area contributed by atoms with Crippen molar-refractivity contribution in [1.29, 1.82) is 0 Å². The molecular formula is C12H19N3O2. The smallest absolute Gasteiger partial charge is 0.356 e. The van der Waals surface area contributed by atoms with Crippen molar-refractivity contribution < 1.29 is 9.90 Å². The lowest BCUT2D eigenvalue weighted by molar-refractivity contribution is 0.0689. The van der Waals surface area contributed by atoms with Crippen molar-refractivity contribution in [2.45, 2.75) is 33.1 Å². The monoisotopic (exact) mass is 237 g/mol. The maximum Gasteiger partial charge on any atom is 0.356 e. The molecule has 1 rings (SSSR count). The first-order valence-corrected chi connectivity index (χ1v) is 5.90. The van der Waals surface area contributed by atoms with Crippen molar-refractivity contribution >= 4 is 11.8 Å². The Morgan fingerprint density at radius 1 is 1.35 bits per heavy atom. The fourth-order valence-corrected chi connectivity index (χ4v) is 1.43. The molecule has 5 heteroatoms. The van der Waals surface area contributed by atoms with Gasteiger partial charge in [-0.15, -0.1) is 10.2 Å². The number of carboxylic acids is 1. The van der Waals surface area contributed by atoms with Gasteiger partial charge in [0.25, 0.3) is 0 Å². The van der Waals surface area contributed by atoms with Gasteiger partial charge in [-0.05, 0) is 24.5 Å². The van der Waals surface area contributed by atoms with Crippen LogP contribution in [0.4, 0.5) is 5.82 Å². The van der Waals surface area contributed by atoms with E-state index in [1.165, 1.54) is 18.9 Å². The summed E-state index contributed by atoms with van der Waals surface area (Å²) < 4.78 is 0. The van der Waals surface area contributed by atoms with Crippen LogP contribution < -0.4 is 5.32 Å². The van der Waals surface area contributed by atoms with E-state index in [0.717, 1.165) is 18.9 Å². The number of aromatic carboxylic acids is 1. The molecule has 0 aromatic carbocycles. The van der Waals surface area contributed by atoms with E-state index in [2.05, 4.69) is 29.4 Å². The van der Waals surface area contributed by atoms with Gasteiger partial charge in [0.15, 0.2) is 5.69 Å². The lowest BCUT2D eigenvalue weighted by Gasteiger charge is -2.06. The molecule has 0 spiro atoms. The molecule has 0 aliphatic heterocycles. The molecule has 0 radical (unpaired) electrons. The summed E-state index contributed by atoms with van der Waals surface area (Å²) in [5.41, 5.74) is -0.0321. The van der Waals surface area contributed by atoms with Gasteiger partial charge in [0, 0.05) is 6.54 Å². The molecule has 0 fully saturated rings. The number of nitrogens with zero attached hydrogens (tertiary/aromatic N) is 2. The lowest BCUT2D eigenvalue weighted by Crippen LogP contribution is -2.07. The van der Waals surface area contributed by atoms with Gasteiger partial charge < -0.3 is 10.4 Å². The van der Waals surface area contributed by atoms with Gasteiger partial charge in [0.05, 0.1) is 0 Å². The van der Waals surface area contributed by atoms with Gasteiger partial charge in [0.2, 0.25) is 0 Å². The number of hydrogen-bond donors (Lipinski definition) is 2. The highest BCUT2D eigenvalue weighted by Crippen LogP contribution is 2.07. The minimum atomic E-state index is -1.05. The largest absolute Gasteiger partial charge is 0.476 e. The molecule has 17 heavy (non-hydrogen) atoms. The molecule has 2 N–H and O–H groups in total. The second-order valence-electron chi connectivity index (χ2n) is 4.43. The second kappa shape index (κ2) is 6.83. The normalized spacial score (nSPS) is 10.5. The summed E-state index contributed by atoms with van der Waals surface area (Å²) in [5, 5.41) is 19.2. The van der Waals surface area contributed by atoms with E-state index < -0.39 is 5.97 Å². The molecule has 5 nitrogen and oxygen atoms in total. The minimum absolute atomic E-state index is 0.0321.